The molecule has 31 heavy (non-hydrogen) atoms. The summed E-state index contributed by atoms with van der Waals surface area (Å²) >= 11 is 2.59. The highest BCUT2D eigenvalue weighted by Crippen LogP contribution is 2.50. The van der Waals surface area contributed by atoms with Gasteiger partial charge >= 0.3 is 12.3 Å². The van der Waals surface area contributed by atoms with Crippen LogP contribution in [0.15, 0.2) is 18.5 Å². The average Bonchev–Trinajstić information content (AvgIpc) is 3.37. The second-order valence-electron chi connectivity index (χ2n) is 8.36. The van der Waals surface area contributed by atoms with E-state index >= 15 is 0 Å². The Morgan fingerprint density at radius 1 is 1.42 bits per heavy atom. The van der Waals surface area contributed by atoms with Gasteiger partial charge in [-0.3, -0.25) is 9.58 Å². The summed E-state index contributed by atoms with van der Waals surface area (Å²) in [5.74, 6) is -3.11. The van der Waals surface area contributed by atoms with Gasteiger partial charge in [0, 0.05) is 48.1 Å². The van der Waals surface area contributed by atoms with E-state index < -0.39 is 22.8 Å². The van der Waals surface area contributed by atoms with E-state index in [4.69, 9.17) is 4.74 Å². The van der Waals surface area contributed by atoms with E-state index in [9.17, 15) is 17.6 Å². The summed E-state index contributed by atoms with van der Waals surface area (Å²) in [7, 11) is 0. The lowest BCUT2D eigenvalue weighted by atomic mass is 9.82. The molecule has 2 aromatic rings. The Labute approximate surface area is 187 Å². The third-order valence-electron chi connectivity index (χ3n) is 6.22. The Morgan fingerprint density at radius 3 is 2.94 bits per heavy atom. The largest absolute Gasteiger partial charge is 0.369 e. The lowest BCUT2D eigenvalue weighted by Gasteiger charge is -2.47. The van der Waals surface area contributed by atoms with Gasteiger partial charge in [0.15, 0.2) is 0 Å². The van der Waals surface area contributed by atoms with Gasteiger partial charge in [0.05, 0.1) is 17.7 Å². The molecule has 0 N–H and O–H groups in total. The van der Waals surface area contributed by atoms with Crippen LogP contribution in [0.4, 0.5) is 17.6 Å². The van der Waals surface area contributed by atoms with Gasteiger partial charge in [0.1, 0.15) is 5.60 Å². The number of hydrogen-bond acceptors (Lipinski definition) is 5. The van der Waals surface area contributed by atoms with Gasteiger partial charge in [-0.15, -0.1) is 11.3 Å². The van der Waals surface area contributed by atoms with Gasteiger partial charge in [0.25, 0.3) is 0 Å². The predicted octanol–water partition coefficient (Wildman–Crippen LogP) is 5.12. The highest BCUT2D eigenvalue weighted by molar-refractivity contribution is 7.98. The number of halogens is 4. The Hall–Kier alpha value is -1.10. The molecule has 2 aliphatic rings. The average molecular weight is 478 g/mol. The van der Waals surface area contributed by atoms with E-state index in [-0.39, 0.29) is 6.04 Å². The molecule has 2 atom stereocenters. The number of ether oxygens (including phenoxy) is 1. The second kappa shape index (κ2) is 9.03. The summed E-state index contributed by atoms with van der Waals surface area (Å²) in [6.07, 6.45) is 4.12. The van der Waals surface area contributed by atoms with Gasteiger partial charge in [-0.2, -0.15) is 25.6 Å². The van der Waals surface area contributed by atoms with Crippen LogP contribution in [0.3, 0.4) is 0 Å². The second-order valence-corrected chi connectivity index (χ2v) is 10.4. The minimum Gasteiger partial charge on any atom is -0.369 e. The number of likely N-dealkylation sites (tertiary alicyclic amines) is 1. The fraction of sp³-hybridized carbons (Fsp3) is 0.667. The normalized spacial score (nSPS) is 24.8. The minimum atomic E-state index is -4.12. The molecule has 172 valence electrons. The molecule has 10 heteroatoms. The first-order valence-corrected chi connectivity index (χ1v) is 12.6. The van der Waals surface area contributed by atoms with Crippen molar-refractivity contribution < 1.29 is 22.3 Å². The predicted molar refractivity (Wildman–Crippen MR) is 115 cm³/mol. The van der Waals surface area contributed by atoms with Crippen LogP contribution in [0.2, 0.25) is 0 Å². The van der Waals surface area contributed by atoms with Crippen LogP contribution in [-0.2, 0) is 35.8 Å². The number of aromatic nitrogens is 2. The summed E-state index contributed by atoms with van der Waals surface area (Å²) in [5.41, 5.74) is 1.22. The van der Waals surface area contributed by atoms with Gasteiger partial charge in [-0.05, 0) is 44.1 Å². The van der Waals surface area contributed by atoms with Crippen LogP contribution in [0, 0.1) is 0 Å². The summed E-state index contributed by atoms with van der Waals surface area (Å²) < 4.78 is 61.9. The Kier molecular flexibility index (Phi) is 6.72. The molecule has 4 nitrogen and oxygen atoms in total. The van der Waals surface area contributed by atoms with Crippen molar-refractivity contribution in [3.8, 4) is 0 Å². The number of thioether (sulfide) groups is 1. The van der Waals surface area contributed by atoms with E-state index in [1.165, 1.54) is 6.07 Å². The van der Waals surface area contributed by atoms with E-state index in [1.807, 2.05) is 10.9 Å². The van der Waals surface area contributed by atoms with Crippen molar-refractivity contribution in [3.05, 3.63) is 39.3 Å². The van der Waals surface area contributed by atoms with Crippen LogP contribution in [0.1, 0.15) is 40.6 Å². The maximum absolute atomic E-state index is 14.0. The van der Waals surface area contributed by atoms with Crippen molar-refractivity contribution in [2.45, 2.75) is 63.3 Å². The fourth-order valence-corrected chi connectivity index (χ4v) is 6.29. The zero-order chi connectivity index (χ0) is 22.2. The third kappa shape index (κ3) is 4.54. The highest BCUT2D eigenvalue weighted by atomic mass is 32.2. The molecule has 1 saturated heterocycles. The van der Waals surface area contributed by atoms with Gasteiger partial charge in [0.2, 0.25) is 0 Å². The Balaban J connectivity index is 1.48. The number of nitrogens with zero attached hydrogens (tertiary/aromatic N) is 3. The lowest BCUT2D eigenvalue weighted by Crippen LogP contribution is -2.49. The fourth-order valence-electron chi connectivity index (χ4n) is 4.55. The number of aryl methyl sites for hydroxylation is 1. The van der Waals surface area contributed by atoms with Crippen molar-refractivity contribution in [1.29, 1.82) is 0 Å². The first-order chi connectivity index (χ1) is 14.7. The number of thiophene rings is 1. The molecule has 0 radical (unpaired) electrons. The third-order valence-corrected chi connectivity index (χ3v) is 8.26. The number of piperidine rings is 1. The first-order valence-electron chi connectivity index (χ1n) is 10.4. The molecule has 0 bridgehead atoms. The molecule has 4 heterocycles. The number of alkyl halides is 4. The van der Waals surface area contributed by atoms with Gasteiger partial charge in [-0.25, -0.2) is 8.78 Å². The number of rotatable bonds is 7. The summed E-state index contributed by atoms with van der Waals surface area (Å²) in [6, 6.07) is 1.44. The molecular formula is C21H27F4N3OS2. The van der Waals surface area contributed by atoms with E-state index in [0.717, 1.165) is 47.9 Å². The minimum absolute atomic E-state index is 0.162. The molecule has 1 spiro atoms. The van der Waals surface area contributed by atoms with Crippen LogP contribution >= 0.6 is 23.1 Å². The van der Waals surface area contributed by atoms with E-state index in [0.29, 0.717) is 30.7 Å². The van der Waals surface area contributed by atoms with Crippen LogP contribution < -0.4 is 0 Å². The van der Waals surface area contributed by atoms with Crippen molar-refractivity contribution in [2.24, 2.45) is 0 Å². The Bertz CT molecular complexity index is 903. The maximum Gasteiger partial charge on any atom is 0.341 e. The topological polar surface area (TPSA) is 30.3 Å². The number of hydrogen-bond donors (Lipinski definition) is 0. The van der Waals surface area contributed by atoms with Crippen molar-refractivity contribution in [1.82, 2.24) is 14.7 Å². The van der Waals surface area contributed by atoms with Gasteiger partial charge < -0.3 is 4.74 Å². The van der Waals surface area contributed by atoms with Crippen molar-refractivity contribution in [2.75, 3.05) is 25.2 Å². The molecule has 0 amide bonds. The van der Waals surface area contributed by atoms with E-state index in [1.54, 1.807) is 11.8 Å². The van der Waals surface area contributed by atoms with Crippen molar-refractivity contribution in [3.63, 3.8) is 0 Å². The first kappa shape index (κ1) is 23.1. The molecule has 2 aliphatic heterocycles. The lowest BCUT2D eigenvalue weighted by molar-refractivity contribution is -0.132. The molecule has 0 saturated carbocycles. The summed E-state index contributed by atoms with van der Waals surface area (Å²) in [6.45, 7) is 4.93. The van der Waals surface area contributed by atoms with Crippen LogP contribution in [0.5, 0.6) is 0 Å². The quantitative estimate of drug-likeness (QED) is 0.518. The van der Waals surface area contributed by atoms with Gasteiger partial charge in [-0.1, -0.05) is 0 Å². The molecule has 2 aromatic heterocycles. The standard InChI is InChI=1S/C21H27F4N3OS2/c1-14-10-20(4-5-27(14)12-15-11-26-28(13-15)6-8-30-2)18-16(3-7-29-20)9-17(31-18)21(24,25)19(22)23/h9,11,13-14,19H,3-8,10,12H2,1-2H3/t14-,20?/m0/s1. The zero-order valence-corrected chi connectivity index (χ0v) is 19.3. The molecule has 1 unspecified atom stereocenters. The maximum atomic E-state index is 14.0. The monoisotopic (exact) mass is 477 g/mol. The van der Waals surface area contributed by atoms with Crippen LogP contribution in [-0.4, -0.2) is 52.3 Å². The molecular weight excluding hydrogens is 450 g/mol. The number of fused-ring (bicyclic) bond motifs is 2. The SMILES string of the molecule is CSCCn1cc(CN2CCC3(C[C@@H]2C)OCCc2cc(C(F)(F)C(F)F)sc23)cn1. The Morgan fingerprint density at radius 2 is 2.23 bits per heavy atom. The summed E-state index contributed by atoms with van der Waals surface area (Å²) in [4.78, 5) is 2.51. The summed E-state index contributed by atoms with van der Waals surface area (Å²) in [5, 5.41) is 4.42. The van der Waals surface area contributed by atoms with Crippen molar-refractivity contribution >= 4 is 23.1 Å². The smallest absolute Gasteiger partial charge is 0.341 e. The molecule has 0 aliphatic carbocycles. The molecule has 0 aromatic carbocycles. The highest BCUT2D eigenvalue weighted by Gasteiger charge is 2.49. The van der Waals surface area contributed by atoms with Crippen LogP contribution in [0.25, 0.3) is 0 Å². The molecule has 4 rings (SSSR count). The van der Waals surface area contributed by atoms with E-state index in [2.05, 4.69) is 29.4 Å². The molecule has 1 fully saturated rings. The zero-order valence-electron chi connectivity index (χ0n) is 17.6.